The highest BCUT2D eigenvalue weighted by molar-refractivity contribution is 8.16. The average molecular weight is 415 g/mol. The van der Waals surface area contributed by atoms with E-state index >= 15 is 0 Å². The van der Waals surface area contributed by atoms with E-state index in [-0.39, 0.29) is 35.1 Å². The number of hydrogen-bond acceptors (Lipinski definition) is 4. The van der Waals surface area contributed by atoms with E-state index in [2.05, 4.69) is 4.99 Å². The van der Waals surface area contributed by atoms with Crippen LogP contribution < -0.4 is 4.90 Å². The quantitative estimate of drug-likeness (QED) is 0.772. The first-order valence-electron chi connectivity index (χ1n) is 9.21. The van der Waals surface area contributed by atoms with Gasteiger partial charge in [-0.2, -0.15) is 4.99 Å². The van der Waals surface area contributed by atoms with E-state index in [1.54, 1.807) is 0 Å². The summed E-state index contributed by atoms with van der Waals surface area (Å²) in [6.45, 7) is 4.07. The SMILES string of the molecule is Cc1ccc(N2C(=NC(=O)Cc3ccccc3)S[C@@H]3CS(=O)(=O)C[C@H]32)cc1C. The van der Waals surface area contributed by atoms with Crippen molar-refractivity contribution in [2.45, 2.75) is 31.6 Å². The summed E-state index contributed by atoms with van der Waals surface area (Å²) in [6.07, 6.45) is 0.235. The van der Waals surface area contributed by atoms with E-state index in [1.807, 2.05) is 67.3 Å². The predicted molar refractivity (Wildman–Crippen MR) is 115 cm³/mol. The van der Waals surface area contributed by atoms with Gasteiger partial charge in [-0.15, -0.1) is 0 Å². The number of carbonyl (C=O) groups excluding carboxylic acids is 1. The summed E-state index contributed by atoms with van der Waals surface area (Å²) in [5.41, 5.74) is 4.11. The molecule has 146 valence electrons. The van der Waals surface area contributed by atoms with Crippen LogP contribution >= 0.6 is 11.8 Å². The maximum atomic E-state index is 12.6. The molecule has 2 aromatic rings. The second kappa shape index (κ2) is 7.37. The van der Waals surface area contributed by atoms with Gasteiger partial charge in [0.05, 0.1) is 24.0 Å². The van der Waals surface area contributed by atoms with Gasteiger partial charge >= 0.3 is 0 Å². The molecule has 2 fully saturated rings. The number of thioether (sulfide) groups is 1. The molecule has 7 heteroatoms. The molecular formula is C21H22N2O3S2. The van der Waals surface area contributed by atoms with E-state index in [0.717, 1.165) is 16.8 Å². The predicted octanol–water partition coefficient (Wildman–Crippen LogP) is 3.15. The number of nitrogens with zero attached hydrogens (tertiary/aromatic N) is 2. The Labute approximate surface area is 169 Å². The zero-order chi connectivity index (χ0) is 19.9. The van der Waals surface area contributed by atoms with Crippen LogP contribution in [0.15, 0.2) is 53.5 Å². The molecule has 2 aliphatic heterocycles. The number of amidine groups is 1. The summed E-state index contributed by atoms with van der Waals surface area (Å²) < 4.78 is 24.3. The van der Waals surface area contributed by atoms with Crippen molar-refractivity contribution in [3.63, 3.8) is 0 Å². The maximum absolute atomic E-state index is 12.6. The number of carbonyl (C=O) groups is 1. The number of benzene rings is 2. The van der Waals surface area contributed by atoms with Crippen LogP contribution in [-0.2, 0) is 21.1 Å². The third-order valence-electron chi connectivity index (χ3n) is 5.25. The molecule has 2 atom stereocenters. The van der Waals surface area contributed by atoms with E-state index in [9.17, 15) is 13.2 Å². The Bertz CT molecular complexity index is 1050. The van der Waals surface area contributed by atoms with Crippen molar-refractivity contribution < 1.29 is 13.2 Å². The lowest BCUT2D eigenvalue weighted by atomic mass is 10.1. The van der Waals surface area contributed by atoms with E-state index < -0.39 is 9.84 Å². The topological polar surface area (TPSA) is 66.8 Å². The highest BCUT2D eigenvalue weighted by Gasteiger charge is 2.49. The first-order valence-corrected chi connectivity index (χ1v) is 11.9. The fraction of sp³-hybridized carbons (Fsp3) is 0.333. The largest absolute Gasteiger partial charge is 0.316 e. The monoisotopic (exact) mass is 414 g/mol. The second-order valence-electron chi connectivity index (χ2n) is 7.39. The third kappa shape index (κ3) is 3.86. The van der Waals surface area contributed by atoms with Crippen molar-refractivity contribution in [2.75, 3.05) is 16.4 Å². The van der Waals surface area contributed by atoms with E-state index in [1.165, 1.54) is 17.3 Å². The van der Waals surface area contributed by atoms with Crippen molar-refractivity contribution in [3.8, 4) is 0 Å². The van der Waals surface area contributed by atoms with Crippen LogP contribution in [0.4, 0.5) is 5.69 Å². The molecule has 2 saturated heterocycles. The van der Waals surface area contributed by atoms with Crippen molar-refractivity contribution in [1.29, 1.82) is 0 Å². The van der Waals surface area contributed by atoms with Crippen molar-refractivity contribution in [3.05, 3.63) is 65.2 Å². The molecule has 2 aliphatic rings. The van der Waals surface area contributed by atoms with Crippen molar-refractivity contribution in [1.82, 2.24) is 0 Å². The minimum absolute atomic E-state index is 0.0881. The summed E-state index contributed by atoms with van der Waals surface area (Å²) in [7, 11) is -3.07. The standard InChI is InChI=1S/C21H22N2O3S2/c1-14-8-9-17(10-15(14)2)23-18-12-28(25,26)13-19(18)27-21(23)22-20(24)11-16-6-4-3-5-7-16/h3-10,18-19H,11-13H2,1-2H3/t18-,19-/m1/s1. The zero-order valence-corrected chi connectivity index (χ0v) is 17.5. The smallest absolute Gasteiger partial charge is 0.252 e. The number of amides is 1. The molecule has 0 aromatic heterocycles. The van der Waals surface area contributed by atoms with Crippen LogP contribution in [0.3, 0.4) is 0 Å². The lowest BCUT2D eigenvalue weighted by Crippen LogP contribution is -2.37. The molecule has 0 unspecified atom stereocenters. The van der Waals surface area contributed by atoms with Gasteiger partial charge in [-0.25, -0.2) is 8.42 Å². The average Bonchev–Trinajstić information content (AvgIpc) is 3.09. The Morgan fingerprint density at radius 2 is 1.86 bits per heavy atom. The van der Waals surface area contributed by atoms with Crippen molar-refractivity contribution in [2.24, 2.45) is 4.99 Å². The molecule has 4 rings (SSSR count). The van der Waals surface area contributed by atoms with Gasteiger partial charge in [0.15, 0.2) is 15.0 Å². The Morgan fingerprint density at radius 1 is 1.11 bits per heavy atom. The van der Waals surface area contributed by atoms with Crippen LogP contribution in [0.1, 0.15) is 16.7 Å². The summed E-state index contributed by atoms with van der Waals surface area (Å²) in [4.78, 5) is 18.9. The van der Waals surface area contributed by atoms with Crippen LogP contribution in [-0.4, -0.2) is 42.3 Å². The molecule has 0 N–H and O–H groups in total. The van der Waals surface area contributed by atoms with Gasteiger partial charge in [-0.05, 0) is 42.7 Å². The minimum atomic E-state index is -3.07. The summed E-state index contributed by atoms with van der Waals surface area (Å²) in [5.74, 6) is 0.0179. The molecule has 28 heavy (non-hydrogen) atoms. The van der Waals surface area contributed by atoms with Crippen molar-refractivity contribution >= 4 is 38.4 Å². The highest BCUT2D eigenvalue weighted by Crippen LogP contribution is 2.41. The van der Waals surface area contributed by atoms with Gasteiger partial charge in [-0.1, -0.05) is 48.2 Å². The van der Waals surface area contributed by atoms with Gasteiger partial charge in [0.2, 0.25) is 0 Å². The second-order valence-corrected chi connectivity index (χ2v) is 10.7. The Morgan fingerprint density at radius 3 is 2.57 bits per heavy atom. The number of aryl methyl sites for hydroxylation is 2. The minimum Gasteiger partial charge on any atom is -0.316 e. The third-order valence-corrected chi connectivity index (χ3v) is 8.46. The fourth-order valence-electron chi connectivity index (χ4n) is 3.66. The molecule has 5 nitrogen and oxygen atoms in total. The first kappa shape index (κ1) is 19.2. The summed E-state index contributed by atoms with van der Waals surface area (Å²) in [6, 6.07) is 15.4. The summed E-state index contributed by atoms with van der Waals surface area (Å²) in [5, 5.41) is 0.518. The fourth-order valence-corrected chi connectivity index (χ4v) is 7.59. The van der Waals surface area contributed by atoms with E-state index in [4.69, 9.17) is 0 Å². The molecule has 0 aliphatic carbocycles. The number of sulfone groups is 1. The van der Waals surface area contributed by atoms with Gasteiger partial charge in [-0.3, -0.25) is 4.79 Å². The van der Waals surface area contributed by atoms with Gasteiger partial charge < -0.3 is 4.90 Å². The number of hydrogen-bond donors (Lipinski definition) is 0. The molecule has 2 heterocycles. The molecule has 2 aromatic carbocycles. The van der Waals surface area contributed by atoms with Gasteiger partial charge in [0.25, 0.3) is 5.91 Å². The van der Waals surface area contributed by atoms with Crippen LogP contribution in [0.25, 0.3) is 0 Å². The molecule has 0 radical (unpaired) electrons. The molecular weight excluding hydrogens is 392 g/mol. The number of fused-ring (bicyclic) bond motifs is 1. The van der Waals surface area contributed by atoms with Gasteiger partial charge in [0.1, 0.15) is 0 Å². The lowest BCUT2D eigenvalue weighted by Gasteiger charge is -2.25. The molecule has 0 bridgehead atoms. The number of aliphatic imine (C=N–C) groups is 1. The molecule has 1 amide bonds. The summed E-state index contributed by atoms with van der Waals surface area (Å²) >= 11 is 1.41. The lowest BCUT2D eigenvalue weighted by molar-refractivity contribution is -0.117. The Kier molecular flexibility index (Phi) is 5.05. The first-order chi connectivity index (χ1) is 13.3. The normalized spacial score (nSPS) is 24.5. The van der Waals surface area contributed by atoms with Crippen LogP contribution in [0.5, 0.6) is 0 Å². The maximum Gasteiger partial charge on any atom is 0.252 e. The van der Waals surface area contributed by atoms with Crippen LogP contribution in [0.2, 0.25) is 0 Å². The van der Waals surface area contributed by atoms with Crippen LogP contribution in [0, 0.1) is 13.8 Å². The highest BCUT2D eigenvalue weighted by atomic mass is 32.2. The van der Waals surface area contributed by atoms with Gasteiger partial charge in [0, 0.05) is 10.9 Å². The van der Waals surface area contributed by atoms with E-state index in [0.29, 0.717) is 5.17 Å². The molecule has 0 spiro atoms. The number of rotatable bonds is 3. The molecule has 0 saturated carbocycles. The number of anilines is 1. The Hall–Kier alpha value is -2.12. The Balaban J connectivity index is 1.67. The zero-order valence-electron chi connectivity index (χ0n) is 15.8.